The van der Waals surface area contributed by atoms with E-state index in [4.69, 9.17) is 11.2 Å². The van der Waals surface area contributed by atoms with Gasteiger partial charge in [0.2, 0.25) is 0 Å². The van der Waals surface area contributed by atoms with Crippen molar-refractivity contribution in [2.45, 2.75) is 13.5 Å². The molecule has 1 aromatic heterocycles. The van der Waals surface area contributed by atoms with Crippen LogP contribution in [0.2, 0.25) is 0 Å². The normalized spacial score (nSPS) is 9.95. The van der Waals surface area contributed by atoms with Crippen LogP contribution >= 0.6 is 0 Å². The number of aromatic nitrogens is 2. The molecule has 5 heteroatoms. The molecule has 0 aliphatic heterocycles. The molecule has 1 N–H and O–H groups in total. The number of hydrogen-bond acceptors (Lipinski definition) is 3. The SMILES string of the molecule is C#CCOc1cccc(CNC(=O)c2cc(C)nn2C)c1. The fraction of sp³-hybridized carbons (Fsp3) is 0.250. The number of hydrogen-bond donors (Lipinski definition) is 1. The maximum atomic E-state index is 12.1. The van der Waals surface area contributed by atoms with Gasteiger partial charge in [-0.1, -0.05) is 18.1 Å². The third-order valence-electron chi connectivity index (χ3n) is 2.91. The fourth-order valence-electron chi connectivity index (χ4n) is 1.97. The van der Waals surface area contributed by atoms with Gasteiger partial charge in [0, 0.05) is 13.6 Å². The largest absolute Gasteiger partial charge is 0.481 e. The summed E-state index contributed by atoms with van der Waals surface area (Å²) in [5.74, 6) is 2.95. The minimum absolute atomic E-state index is 0.159. The van der Waals surface area contributed by atoms with Crippen LogP contribution in [-0.2, 0) is 13.6 Å². The first-order chi connectivity index (χ1) is 10.1. The van der Waals surface area contributed by atoms with Crippen molar-refractivity contribution in [1.82, 2.24) is 15.1 Å². The number of benzene rings is 1. The zero-order valence-corrected chi connectivity index (χ0v) is 12.1. The van der Waals surface area contributed by atoms with E-state index in [9.17, 15) is 4.79 Å². The molecule has 0 bridgehead atoms. The number of carbonyl (C=O) groups is 1. The molecule has 0 saturated carbocycles. The van der Waals surface area contributed by atoms with E-state index in [0.717, 1.165) is 11.3 Å². The number of terminal acetylenes is 1. The molecule has 0 radical (unpaired) electrons. The van der Waals surface area contributed by atoms with Gasteiger partial charge in [0.15, 0.2) is 0 Å². The summed E-state index contributed by atoms with van der Waals surface area (Å²) in [6.07, 6.45) is 5.15. The van der Waals surface area contributed by atoms with Crippen molar-refractivity contribution in [2.24, 2.45) is 7.05 Å². The van der Waals surface area contributed by atoms with Gasteiger partial charge in [0.05, 0.1) is 5.69 Å². The van der Waals surface area contributed by atoms with Crippen molar-refractivity contribution in [3.8, 4) is 18.1 Å². The number of nitrogens with zero attached hydrogens (tertiary/aromatic N) is 2. The van der Waals surface area contributed by atoms with Gasteiger partial charge in [-0.15, -0.1) is 6.42 Å². The van der Waals surface area contributed by atoms with Crippen molar-refractivity contribution >= 4 is 5.91 Å². The van der Waals surface area contributed by atoms with Gasteiger partial charge in [-0.3, -0.25) is 9.48 Å². The summed E-state index contributed by atoms with van der Waals surface area (Å²) in [6.45, 7) is 2.49. The summed E-state index contributed by atoms with van der Waals surface area (Å²) in [4.78, 5) is 12.1. The molecule has 1 aromatic carbocycles. The first-order valence-electron chi connectivity index (χ1n) is 6.54. The Kier molecular flexibility index (Phi) is 4.62. The Morgan fingerprint density at radius 2 is 2.29 bits per heavy atom. The van der Waals surface area contributed by atoms with E-state index in [-0.39, 0.29) is 12.5 Å². The maximum absolute atomic E-state index is 12.1. The zero-order valence-electron chi connectivity index (χ0n) is 12.1. The van der Waals surface area contributed by atoms with Gasteiger partial charge in [-0.25, -0.2) is 0 Å². The minimum Gasteiger partial charge on any atom is -0.481 e. The molecule has 2 aromatic rings. The van der Waals surface area contributed by atoms with Crippen molar-refractivity contribution in [2.75, 3.05) is 6.61 Å². The molecule has 0 unspecified atom stereocenters. The van der Waals surface area contributed by atoms with Crippen LogP contribution in [0.3, 0.4) is 0 Å². The van der Waals surface area contributed by atoms with Crippen molar-refractivity contribution < 1.29 is 9.53 Å². The summed E-state index contributed by atoms with van der Waals surface area (Å²) in [5.41, 5.74) is 2.29. The molecule has 0 saturated heterocycles. The molecule has 0 aliphatic rings. The molecular weight excluding hydrogens is 266 g/mol. The quantitative estimate of drug-likeness (QED) is 0.849. The Balaban J connectivity index is 1.98. The van der Waals surface area contributed by atoms with Crippen LogP contribution in [-0.4, -0.2) is 22.3 Å². The Hall–Kier alpha value is -2.74. The molecular formula is C16H17N3O2. The van der Waals surface area contributed by atoms with E-state index in [1.807, 2.05) is 31.2 Å². The first kappa shape index (κ1) is 14.7. The lowest BCUT2D eigenvalue weighted by molar-refractivity contribution is 0.0941. The summed E-state index contributed by atoms with van der Waals surface area (Å²) in [6, 6.07) is 9.21. The van der Waals surface area contributed by atoms with Crippen LogP contribution in [0.25, 0.3) is 0 Å². The second-order valence-corrected chi connectivity index (χ2v) is 4.62. The predicted octanol–water partition coefficient (Wildman–Crippen LogP) is 1.67. The van der Waals surface area contributed by atoms with E-state index < -0.39 is 0 Å². The van der Waals surface area contributed by atoms with Gasteiger partial charge < -0.3 is 10.1 Å². The summed E-state index contributed by atoms with van der Waals surface area (Å²) >= 11 is 0. The van der Waals surface area contributed by atoms with Crippen LogP contribution < -0.4 is 10.1 Å². The van der Waals surface area contributed by atoms with Crippen LogP contribution in [0.5, 0.6) is 5.75 Å². The Labute approximate surface area is 123 Å². The lowest BCUT2D eigenvalue weighted by Gasteiger charge is -2.07. The molecule has 0 fully saturated rings. The van der Waals surface area contributed by atoms with Crippen LogP contribution in [0.15, 0.2) is 30.3 Å². The van der Waals surface area contributed by atoms with E-state index in [1.54, 1.807) is 17.8 Å². The lowest BCUT2D eigenvalue weighted by atomic mass is 10.2. The van der Waals surface area contributed by atoms with Crippen LogP contribution in [0.4, 0.5) is 0 Å². The zero-order chi connectivity index (χ0) is 15.2. The molecule has 1 heterocycles. The third-order valence-corrected chi connectivity index (χ3v) is 2.91. The second kappa shape index (κ2) is 6.62. The predicted molar refractivity (Wildman–Crippen MR) is 79.9 cm³/mol. The van der Waals surface area contributed by atoms with E-state index in [1.165, 1.54) is 0 Å². The van der Waals surface area contributed by atoms with Crippen molar-refractivity contribution in [3.63, 3.8) is 0 Å². The van der Waals surface area contributed by atoms with Gasteiger partial charge in [0.1, 0.15) is 18.1 Å². The smallest absolute Gasteiger partial charge is 0.269 e. The second-order valence-electron chi connectivity index (χ2n) is 4.62. The van der Waals surface area contributed by atoms with E-state index >= 15 is 0 Å². The lowest BCUT2D eigenvalue weighted by Crippen LogP contribution is -2.25. The van der Waals surface area contributed by atoms with Crippen molar-refractivity contribution in [3.05, 3.63) is 47.3 Å². The van der Waals surface area contributed by atoms with E-state index in [0.29, 0.717) is 18.0 Å². The number of aryl methyl sites for hydroxylation is 2. The van der Waals surface area contributed by atoms with Gasteiger partial charge >= 0.3 is 0 Å². The maximum Gasteiger partial charge on any atom is 0.269 e. The van der Waals surface area contributed by atoms with E-state index in [2.05, 4.69) is 16.3 Å². The summed E-state index contributed by atoms with van der Waals surface area (Å²) < 4.78 is 6.91. The number of amides is 1. The van der Waals surface area contributed by atoms with Crippen LogP contribution in [0, 0.1) is 19.3 Å². The molecule has 108 valence electrons. The Bertz CT molecular complexity index is 683. The number of rotatable bonds is 5. The highest BCUT2D eigenvalue weighted by atomic mass is 16.5. The fourth-order valence-corrected chi connectivity index (χ4v) is 1.97. The molecule has 2 rings (SSSR count). The van der Waals surface area contributed by atoms with Crippen molar-refractivity contribution in [1.29, 1.82) is 0 Å². The highest BCUT2D eigenvalue weighted by molar-refractivity contribution is 5.92. The standard InChI is InChI=1S/C16H17N3O2/c1-4-8-21-14-7-5-6-13(10-14)11-17-16(20)15-9-12(2)18-19(15)3/h1,5-7,9-10H,8,11H2,2-3H3,(H,17,20). The monoisotopic (exact) mass is 283 g/mol. The topological polar surface area (TPSA) is 56.1 Å². The summed E-state index contributed by atoms with van der Waals surface area (Å²) in [7, 11) is 1.75. The summed E-state index contributed by atoms with van der Waals surface area (Å²) in [5, 5.41) is 7.01. The molecule has 5 nitrogen and oxygen atoms in total. The van der Waals surface area contributed by atoms with Crippen LogP contribution in [0.1, 0.15) is 21.7 Å². The average Bonchev–Trinajstić information content (AvgIpc) is 2.82. The third kappa shape index (κ3) is 3.86. The average molecular weight is 283 g/mol. The molecule has 0 atom stereocenters. The minimum atomic E-state index is -0.159. The molecule has 0 aliphatic carbocycles. The Morgan fingerprint density at radius 1 is 1.48 bits per heavy atom. The number of carbonyl (C=O) groups excluding carboxylic acids is 1. The highest BCUT2D eigenvalue weighted by Gasteiger charge is 2.11. The van der Waals surface area contributed by atoms with Gasteiger partial charge in [-0.2, -0.15) is 5.10 Å². The molecule has 0 spiro atoms. The molecule has 1 amide bonds. The number of nitrogens with one attached hydrogen (secondary N) is 1. The molecule has 21 heavy (non-hydrogen) atoms. The highest BCUT2D eigenvalue weighted by Crippen LogP contribution is 2.13. The van der Waals surface area contributed by atoms with Gasteiger partial charge in [0.25, 0.3) is 5.91 Å². The Morgan fingerprint density at radius 3 is 2.95 bits per heavy atom. The first-order valence-corrected chi connectivity index (χ1v) is 6.54. The van der Waals surface area contributed by atoms with Gasteiger partial charge in [-0.05, 0) is 30.7 Å². The number of ether oxygens (including phenoxy) is 1.